The van der Waals surface area contributed by atoms with E-state index in [1.807, 2.05) is 24.3 Å². The van der Waals surface area contributed by atoms with Crippen LogP contribution in [0.4, 0.5) is 13.2 Å². The number of amides is 1. The number of alkyl halides is 3. The summed E-state index contributed by atoms with van der Waals surface area (Å²) in [7, 11) is 0. The van der Waals surface area contributed by atoms with E-state index in [0.717, 1.165) is 4.57 Å². The lowest BCUT2D eigenvalue weighted by Crippen LogP contribution is -2.41. The lowest BCUT2D eigenvalue weighted by atomic mass is 10.0. The summed E-state index contributed by atoms with van der Waals surface area (Å²) in [6, 6.07) is 10.3. The van der Waals surface area contributed by atoms with E-state index in [-0.39, 0.29) is 31.3 Å². The van der Waals surface area contributed by atoms with E-state index in [9.17, 15) is 18.0 Å². The fraction of sp³-hybridized carbons (Fsp3) is 0.409. The van der Waals surface area contributed by atoms with Gasteiger partial charge in [-0.1, -0.05) is 26.0 Å². The summed E-state index contributed by atoms with van der Waals surface area (Å²) in [4.78, 5) is 14.4. The summed E-state index contributed by atoms with van der Waals surface area (Å²) in [5.41, 5.74) is 1.21. The van der Waals surface area contributed by atoms with Crippen LogP contribution in [-0.4, -0.2) is 32.1 Å². The molecular formula is C22H23F3N4O3. The van der Waals surface area contributed by atoms with Crippen LogP contribution >= 0.6 is 0 Å². The largest absolute Gasteiger partial charge is 0.486 e. The fourth-order valence-electron chi connectivity index (χ4n) is 3.69. The van der Waals surface area contributed by atoms with Crippen molar-refractivity contribution in [1.29, 1.82) is 0 Å². The molecule has 0 spiro atoms. The first-order valence-corrected chi connectivity index (χ1v) is 10.3. The summed E-state index contributed by atoms with van der Waals surface area (Å²) in [6.07, 6.45) is -4.60. The van der Waals surface area contributed by atoms with Gasteiger partial charge in [-0.2, -0.15) is 13.2 Å². The number of rotatable bonds is 5. The maximum Gasteiger partial charge on any atom is 0.451 e. The van der Waals surface area contributed by atoms with E-state index >= 15 is 0 Å². The zero-order valence-corrected chi connectivity index (χ0v) is 17.9. The monoisotopic (exact) mass is 448 g/mol. The molecule has 0 bridgehead atoms. The average Bonchev–Trinajstić information content (AvgIpc) is 3.40. The maximum atomic E-state index is 13.1. The molecule has 0 radical (unpaired) electrons. The minimum absolute atomic E-state index is 0.0453. The third kappa shape index (κ3) is 4.21. The Labute approximate surface area is 182 Å². The molecule has 7 nitrogen and oxygen atoms in total. The van der Waals surface area contributed by atoms with E-state index in [0.29, 0.717) is 17.4 Å². The fourth-order valence-corrected chi connectivity index (χ4v) is 3.69. The number of carbonyl (C=O) groups excluding carboxylic acids is 1. The molecule has 3 heterocycles. The Balaban J connectivity index is 1.42. The van der Waals surface area contributed by atoms with Gasteiger partial charge in [-0.05, 0) is 42.7 Å². The van der Waals surface area contributed by atoms with Crippen molar-refractivity contribution in [2.45, 2.75) is 52.1 Å². The predicted octanol–water partition coefficient (Wildman–Crippen LogP) is 4.81. The first-order chi connectivity index (χ1) is 15.1. The van der Waals surface area contributed by atoms with Crippen LogP contribution in [0.2, 0.25) is 0 Å². The van der Waals surface area contributed by atoms with Gasteiger partial charge in [0.1, 0.15) is 18.1 Å². The smallest absolute Gasteiger partial charge is 0.451 e. The lowest BCUT2D eigenvalue weighted by Gasteiger charge is -2.33. The van der Waals surface area contributed by atoms with Crippen molar-refractivity contribution in [1.82, 2.24) is 19.7 Å². The van der Waals surface area contributed by atoms with Gasteiger partial charge in [0, 0.05) is 13.1 Å². The van der Waals surface area contributed by atoms with E-state index < -0.39 is 23.9 Å². The summed E-state index contributed by atoms with van der Waals surface area (Å²) in [5.74, 6) is 0.287. The van der Waals surface area contributed by atoms with E-state index in [1.165, 1.54) is 16.5 Å². The number of furan rings is 1. The van der Waals surface area contributed by atoms with Crippen molar-refractivity contribution in [3.8, 4) is 5.75 Å². The third-order valence-corrected chi connectivity index (χ3v) is 5.50. The molecule has 1 amide bonds. The highest BCUT2D eigenvalue weighted by atomic mass is 19.4. The Morgan fingerprint density at radius 3 is 2.53 bits per heavy atom. The second-order valence-corrected chi connectivity index (χ2v) is 7.98. The molecule has 3 aromatic rings. The average molecular weight is 448 g/mol. The van der Waals surface area contributed by atoms with Crippen molar-refractivity contribution in [3.63, 3.8) is 0 Å². The molecular weight excluding hydrogens is 425 g/mol. The van der Waals surface area contributed by atoms with Crippen molar-refractivity contribution in [2.75, 3.05) is 6.54 Å². The molecule has 0 fully saturated rings. The zero-order chi connectivity index (χ0) is 23.0. The van der Waals surface area contributed by atoms with E-state index in [1.54, 1.807) is 13.0 Å². The summed E-state index contributed by atoms with van der Waals surface area (Å²) in [5, 5.41) is 6.93. The van der Waals surface area contributed by atoms with Crippen LogP contribution in [0.25, 0.3) is 0 Å². The molecule has 2 aromatic heterocycles. The van der Waals surface area contributed by atoms with Gasteiger partial charge < -0.3 is 18.6 Å². The SMILES string of the molecule is CC(C)c1ccc(OCc2ccc(C(=O)N3CCn4c(nnc4C(F)(F)F)C3C)o2)cc1. The summed E-state index contributed by atoms with van der Waals surface area (Å²) in [6.45, 7) is 6.02. The second-order valence-electron chi connectivity index (χ2n) is 7.98. The second kappa shape index (κ2) is 8.33. The number of nitrogens with zero attached hydrogens (tertiary/aromatic N) is 4. The van der Waals surface area contributed by atoms with Gasteiger partial charge in [0.15, 0.2) is 11.6 Å². The van der Waals surface area contributed by atoms with Gasteiger partial charge in [0.2, 0.25) is 5.82 Å². The Kier molecular flexibility index (Phi) is 5.70. The quantitative estimate of drug-likeness (QED) is 0.560. The molecule has 1 atom stereocenters. The number of halogens is 3. The van der Waals surface area contributed by atoms with Gasteiger partial charge in [0.25, 0.3) is 5.91 Å². The highest BCUT2D eigenvalue weighted by molar-refractivity contribution is 5.91. The zero-order valence-electron chi connectivity index (χ0n) is 17.9. The minimum atomic E-state index is -4.60. The first kappa shape index (κ1) is 21.9. The van der Waals surface area contributed by atoms with E-state index in [2.05, 4.69) is 24.0 Å². The Bertz CT molecular complexity index is 1100. The molecule has 0 N–H and O–H groups in total. The molecule has 1 unspecified atom stereocenters. The Morgan fingerprint density at radius 2 is 1.88 bits per heavy atom. The molecule has 0 aliphatic carbocycles. The van der Waals surface area contributed by atoms with Crippen LogP contribution in [0.15, 0.2) is 40.8 Å². The van der Waals surface area contributed by atoms with Crippen molar-refractivity contribution < 1.29 is 27.1 Å². The number of benzene rings is 1. The van der Waals surface area contributed by atoms with Crippen LogP contribution in [0, 0.1) is 0 Å². The standard InChI is InChI=1S/C22H23F3N4O3/c1-13(2)15-4-6-16(7-5-15)31-12-17-8-9-18(32-17)20(30)28-10-11-29-19(14(28)3)26-27-21(29)22(23,24)25/h4-9,13-14H,10-12H2,1-3H3. The predicted molar refractivity (Wildman–Crippen MR) is 108 cm³/mol. The Morgan fingerprint density at radius 1 is 1.16 bits per heavy atom. The number of hydrogen-bond donors (Lipinski definition) is 0. The van der Waals surface area contributed by atoms with Crippen LogP contribution in [0.3, 0.4) is 0 Å². The number of hydrogen-bond acceptors (Lipinski definition) is 5. The molecule has 1 aromatic carbocycles. The van der Waals surface area contributed by atoms with Crippen LogP contribution in [0.5, 0.6) is 5.75 Å². The molecule has 1 aliphatic rings. The molecule has 170 valence electrons. The van der Waals surface area contributed by atoms with Gasteiger partial charge in [-0.3, -0.25) is 4.79 Å². The van der Waals surface area contributed by atoms with Crippen LogP contribution in [0.1, 0.15) is 66.3 Å². The van der Waals surface area contributed by atoms with Crippen molar-refractivity contribution >= 4 is 5.91 Å². The van der Waals surface area contributed by atoms with Crippen LogP contribution in [-0.2, 0) is 19.3 Å². The topological polar surface area (TPSA) is 73.4 Å². The van der Waals surface area contributed by atoms with Crippen molar-refractivity contribution in [3.05, 3.63) is 65.1 Å². The van der Waals surface area contributed by atoms with E-state index in [4.69, 9.17) is 9.15 Å². The molecule has 10 heteroatoms. The van der Waals surface area contributed by atoms with Gasteiger partial charge in [-0.25, -0.2) is 0 Å². The molecule has 4 rings (SSSR count). The number of ether oxygens (including phenoxy) is 1. The lowest BCUT2D eigenvalue weighted by molar-refractivity contribution is -0.148. The Hall–Kier alpha value is -3.30. The molecule has 0 saturated carbocycles. The third-order valence-electron chi connectivity index (χ3n) is 5.50. The van der Waals surface area contributed by atoms with Gasteiger partial charge in [-0.15, -0.1) is 10.2 Å². The number of aromatic nitrogens is 3. The minimum Gasteiger partial charge on any atom is -0.486 e. The molecule has 0 saturated heterocycles. The van der Waals surface area contributed by atoms with Gasteiger partial charge >= 0.3 is 6.18 Å². The van der Waals surface area contributed by atoms with Gasteiger partial charge in [0.05, 0.1) is 6.04 Å². The first-order valence-electron chi connectivity index (χ1n) is 10.3. The highest BCUT2D eigenvalue weighted by Crippen LogP contribution is 2.33. The maximum absolute atomic E-state index is 13.1. The summed E-state index contributed by atoms with van der Waals surface area (Å²) >= 11 is 0. The molecule has 32 heavy (non-hydrogen) atoms. The normalized spacial score (nSPS) is 16.3. The number of carbonyl (C=O) groups is 1. The van der Waals surface area contributed by atoms with Crippen LogP contribution < -0.4 is 4.74 Å². The summed E-state index contributed by atoms with van der Waals surface area (Å²) < 4.78 is 51.6. The van der Waals surface area contributed by atoms with Crippen molar-refractivity contribution in [2.24, 2.45) is 0 Å². The highest BCUT2D eigenvalue weighted by Gasteiger charge is 2.42. The number of fused-ring (bicyclic) bond motifs is 1. The molecule has 1 aliphatic heterocycles.